The molecule has 0 radical (unpaired) electrons. The molecule has 26 heavy (non-hydrogen) atoms. The highest BCUT2D eigenvalue weighted by Gasteiger charge is 2.21. The van der Waals surface area contributed by atoms with Crippen molar-refractivity contribution in [3.05, 3.63) is 42.0 Å². The number of nitrogens with one attached hydrogen (secondary N) is 2. The summed E-state index contributed by atoms with van der Waals surface area (Å²) in [5.41, 5.74) is 0.352. The summed E-state index contributed by atoms with van der Waals surface area (Å²) in [7, 11) is 1.80. The third-order valence-electron chi connectivity index (χ3n) is 3.61. The second kappa shape index (κ2) is 7.96. The average molecular weight is 380 g/mol. The Morgan fingerprint density at radius 3 is 2.19 bits per heavy atom. The molecule has 0 aliphatic carbocycles. The summed E-state index contributed by atoms with van der Waals surface area (Å²) in [5.74, 6) is 0.635. The van der Waals surface area contributed by atoms with E-state index < -0.39 is 15.9 Å². The van der Waals surface area contributed by atoms with Crippen molar-refractivity contribution in [3.63, 3.8) is 0 Å². The van der Waals surface area contributed by atoms with Gasteiger partial charge in [-0.15, -0.1) is 0 Å². The number of anilines is 1. The molecule has 9 heteroatoms. The van der Waals surface area contributed by atoms with Gasteiger partial charge in [0.1, 0.15) is 17.2 Å². The maximum atomic E-state index is 12.7. The Balaban J connectivity index is 2.44. The quantitative estimate of drug-likeness (QED) is 0.760. The average Bonchev–Trinajstić information content (AvgIpc) is 2.66. The van der Waals surface area contributed by atoms with Crippen LogP contribution in [0.3, 0.4) is 0 Å². The summed E-state index contributed by atoms with van der Waals surface area (Å²) >= 11 is 0. The van der Waals surface area contributed by atoms with E-state index in [9.17, 15) is 13.2 Å². The number of carbonyl (C=O) groups is 1. The summed E-state index contributed by atoms with van der Waals surface area (Å²) in [4.78, 5) is 11.9. The Bertz CT molecular complexity index is 911. The number of hydrogen-bond donors (Lipinski definition) is 2. The minimum Gasteiger partial charge on any atom is -0.497 e. The standard InChI is InChI=1S/C17H20N2O6S/c1-18-17(20)13-10-12(6-8-15(13)24-3)26(21,22)19-14-7-5-11(23-2)9-16(14)25-4/h5-10,19H,1-4H3,(H,18,20). The SMILES string of the molecule is CNC(=O)c1cc(S(=O)(=O)Nc2ccc(OC)cc2OC)ccc1OC. The van der Waals surface area contributed by atoms with Crippen LogP contribution in [0, 0.1) is 0 Å². The van der Waals surface area contributed by atoms with Crippen molar-refractivity contribution in [3.8, 4) is 17.2 Å². The van der Waals surface area contributed by atoms with E-state index >= 15 is 0 Å². The van der Waals surface area contributed by atoms with E-state index in [1.807, 2.05) is 0 Å². The molecule has 0 aliphatic heterocycles. The molecule has 0 aromatic heterocycles. The van der Waals surface area contributed by atoms with Gasteiger partial charge in [-0.05, 0) is 30.3 Å². The highest BCUT2D eigenvalue weighted by Crippen LogP contribution is 2.31. The summed E-state index contributed by atoms with van der Waals surface area (Å²) in [6, 6.07) is 8.70. The molecule has 2 N–H and O–H groups in total. The molecule has 0 saturated carbocycles. The molecular formula is C17H20N2O6S. The van der Waals surface area contributed by atoms with Crippen LogP contribution in [0.5, 0.6) is 17.2 Å². The molecule has 0 unspecified atom stereocenters. The largest absolute Gasteiger partial charge is 0.497 e. The Morgan fingerprint density at radius 1 is 0.923 bits per heavy atom. The zero-order valence-corrected chi connectivity index (χ0v) is 15.6. The van der Waals surface area contributed by atoms with Crippen LogP contribution >= 0.6 is 0 Å². The number of benzene rings is 2. The summed E-state index contributed by atoms with van der Waals surface area (Å²) < 4.78 is 43.3. The van der Waals surface area contributed by atoms with Gasteiger partial charge in [-0.25, -0.2) is 8.42 Å². The lowest BCUT2D eigenvalue weighted by molar-refractivity contribution is 0.0960. The number of sulfonamides is 1. The van der Waals surface area contributed by atoms with Gasteiger partial charge in [0.15, 0.2) is 0 Å². The van der Waals surface area contributed by atoms with Gasteiger partial charge in [-0.3, -0.25) is 9.52 Å². The first-order valence-electron chi connectivity index (χ1n) is 7.51. The van der Waals surface area contributed by atoms with E-state index in [0.29, 0.717) is 11.5 Å². The molecule has 0 heterocycles. The van der Waals surface area contributed by atoms with Crippen LogP contribution < -0.4 is 24.2 Å². The van der Waals surface area contributed by atoms with E-state index in [-0.39, 0.29) is 21.9 Å². The number of carbonyl (C=O) groups excluding carboxylic acids is 1. The van der Waals surface area contributed by atoms with Crippen LogP contribution in [-0.4, -0.2) is 42.7 Å². The van der Waals surface area contributed by atoms with Crippen LogP contribution in [0.25, 0.3) is 0 Å². The molecule has 0 spiro atoms. The fraction of sp³-hybridized carbons (Fsp3) is 0.235. The van der Waals surface area contributed by atoms with Gasteiger partial charge in [0.25, 0.3) is 15.9 Å². The first kappa shape index (κ1) is 19.4. The van der Waals surface area contributed by atoms with Gasteiger partial charge in [-0.1, -0.05) is 0 Å². The molecule has 2 aromatic rings. The normalized spacial score (nSPS) is 10.8. The molecule has 0 fully saturated rings. The van der Waals surface area contributed by atoms with Crippen LogP contribution in [0.1, 0.15) is 10.4 Å². The molecule has 2 rings (SSSR count). The molecule has 0 saturated heterocycles. The summed E-state index contributed by atoms with van der Waals surface area (Å²) in [6.45, 7) is 0. The molecular weight excluding hydrogens is 360 g/mol. The zero-order valence-electron chi connectivity index (χ0n) is 14.8. The summed E-state index contributed by atoms with van der Waals surface area (Å²) in [5, 5.41) is 2.45. The third-order valence-corrected chi connectivity index (χ3v) is 4.97. The van der Waals surface area contributed by atoms with E-state index in [4.69, 9.17) is 14.2 Å². The fourth-order valence-electron chi connectivity index (χ4n) is 2.25. The van der Waals surface area contributed by atoms with Crippen LogP contribution in [0.4, 0.5) is 5.69 Å². The number of hydrogen-bond acceptors (Lipinski definition) is 6. The second-order valence-electron chi connectivity index (χ2n) is 5.11. The number of methoxy groups -OCH3 is 3. The Hall–Kier alpha value is -2.94. The van der Waals surface area contributed by atoms with E-state index in [0.717, 1.165) is 0 Å². The lowest BCUT2D eigenvalue weighted by Gasteiger charge is -2.14. The molecule has 8 nitrogen and oxygen atoms in total. The maximum Gasteiger partial charge on any atom is 0.262 e. The van der Waals surface area contributed by atoms with Gasteiger partial charge in [0, 0.05) is 13.1 Å². The molecule has 140 valence electrons. The lowest BCUT2D eigenvalue weighted by Crippen LogP contribution is -2.20. The molecule has 2 aromatic carbocycles. The van der Waals surface area contributed by atoms with Gasteiger partial charge in [-0.2, -0.15) is 0 Å². The third kappa shape index (κ3) is 3.99. The van der Waals surface area contributed by atoms with Crippen LogP contribution in [0.2, 0.25) is 0 Å². The van der Waals surface area contributed by atoms with Gasteiger partial charge >= 0.3 is 0 Å². The maximum absolute atomic E-state index is 12.7. The van der Waals surface area contributed by atoms with Crippen molar-refractivity contribution >= 4 is 21.6 Å². The van der Waals surface area contributed by atoms with Crippen molar-refractivity contribution in [2.75, 3.05) is 33.1 Å². The smallest absolute Gasteiger partial charge is 0.262 e. The van der Waals surface area contributed by atoms with E-state index in [1.54, 1.807) is 12.1 Å². The van der Waals surface area contributed by atoms with Crippen molar-refractivity contribution in [1.29, 1.82) is 0 Å². The van der Waals surface area contributed by atoms with Crippen molar-refractivity contribution in [1.82, 2.24) is 5.32 Å². The van der Waals surface area contributed by atoms with Gasteiger partial charge in [0.05, 0.1) is 37.5 Å². The van der Waals surface area contributed by atoms with Gasteiger partial charge < -0.3 is 19.5 Å². The van der Waals surface area contributed by atoms with E-state index in [2.05, 4.69) is 10.0 Å². The molecule has 0 bridgehead atoms. The fourth-order valence-corrected chi connectivity index (χ4v) is 3.35. The molecule has 1 amide bonds. The molecule has 0 aliphatic rings. The predicted octanol–water partition coefficient (Wildman–Crippen LogP) is 1.87. The monoisotopic (exact) mass is 380 g/mol. The Labute approximate surface area is 152 Å². The Morgan fingerprint density at radius 2 is 1.62 bits per heavy atom. The van der Waals surface area contributed by atoms with Gasteiger partial charge in [0.2, 0.25) is 0 Å². The zero-order chi connectivity index (χ0) is 19.3. The highest BCUT2D eigenvalue weighted by atomic mass is 32.2. The predicted molar refractivity (Wildman–Crippen MR) is 96.7 cm³/mol. The molecule has 0 atom stereocenters. The van der Waals surface area contributed by atoms with Crippen LogP contribution in [0.15, 0.2) is 41.3 Å². The minimum atomic E-state index is -3.96. The lowest BCUT2D eigenvalue weighted by atomic mass is 10.2. The number of rotatable bonds is 7. The van der Waals surface area contributed by atoms with Crippen molar-refractivity contribution < 1.29 is 27.4 Å². The van der Waals surface area contributed by atoms with Crippen molar-refractivity contribution in [2.24, 2.45) is 0 Å². The van der Waals surface area contributed by atoms with Crippen LogP contribution in [-0.2, 0) is 10.0 Å². The Kier molecular flexibility index (Phi) is 5.93. The number of amides is 1. The minimum absolute atomic E-state index is 0.0882. The first-order chi connectivity index (χ1) is 12.4. The summed E-state index contributed by atoms with van der Waals surface area (Å²) in [6.07, 6.45) is 0. The number of ether oxygens (including phenoxy) is 3. The first-order valence-corrected chi connectivity index (χ1v) is 8.99. The van der Waals surface area contributed by atoms with E-state index in [1.165, 1.54) is 52.6 Å². The second-order valence-corrected chi connectivity index (χ2v) is 6.80. The highest BCUT2D eigenvalue weighted by molar-refractivity contribution is 7.92. The topological polar surface area (TPSA) is 103 Å². The van der Waals surface area contributed by atoms with Crippen molar-refractivity contribution in [2.45, 2.75) is 4.90 Å².